The van der Waals surface area contributed by atoms with Crippen LogP contribution in [0, 0.1) is 0 Å². The Kier molecular flexibility index (Phi) is 5.73. The standard InChI is InChI=1S/C21H25N3O3S/c1-2-27-18-9-4-3-6-15(18)21(26)24-12-10-23(11-13-24)14-19-22-16-7-5-8-17(25)20(16)28-19/h3-4,6,9H,2,5,7-8,10-14H2,1H3. The predicted octanol–water partition coefficient (Wildman–Crippen LogP) is 3.02. The number of piperazine rings is 1. The second-order valence-electron chi connectivity index (χ2n) is 7.16. The van der Waals surface area contributed by atoms with Crippen molar-refractivity contribution in [2.45, 2.75) is 32.7 Å². The number of benzene rings is 1. The largest absolute Gasteiger partial charge is 0.493 e. The van der Waals surface area contributed by atoms with E-state index in [-0.39, 0.29) is 11.7 Å². The number of rotatable bonds is 5. The van der Waals surface area contributed by atoms with Crippen molar-refractivity contribution in [3.8, 4) is 5.75 Å². The van der Waals surface area contributed by atoms with Crippen LogP contribution in [-0.2, 0) is 13.0 Å². The number of carbonyl (C=O) groups is 2. The van der Waals surface area contributed by atoms with Gasteiger partial charge in [-0.3, -0.25) is 14.5 Å². The summed E-state index contributed by atoms with van der Waals surface area (Å²) in [7, 11) is 0. The molecule has 0 bridgehead atoms. The number of nitrogens with zero attached hydrogens (tertiary/aromatic N) is 3. The second-order valence-corrected chi connectivity index (χ2v) is 8.24. The minimum absolute atomic E-state index is 0.0269. The molecule has 0 saturated carbocycles. The summed E-state index contributed by atoms with van der Waals surface area (Å²) >= 11 is 1.55. The van der Waals surface area contributed by atoms with Gasteiger partial charge in [-0.05, 0) is 31.9 Å². The summed E-state index contributed by atoms with van der Waals surface area (Å²) in [5.74, 6) is 0.919. The van der Waals surface area contributed by atoms with Gasteiger partial charge in [0.05, 0.1) is 29.3 Å². The van der Waals surface area contributed by atoms with Crippen molar-refractivity contribution in [2.24, 2.45) is 0 Å². The van der Waals surface area contributed by atoms with E-state index < -0.39 is 0 Å². The number of para-hydroxylation sites is 1. The average molecular weight is 400 g/mol. The number of fused-ring (bicyclic) bond motifs is 1. The topological polar surface area (TPSA) is 62.7 Å². The molecule has 1 aliphatic carbocycles. The Morgan fingerprint density at radius 1 is 1.18 bits per heavy atom. The maximum Gasteiger partial charge on any atom is 0.257 e. The van der Waals surface area contributed by atoms with Gasteiger partial charge in [-0.25, -0.2) is 4.98 Å². The molecular weight excluding hydrogens is 374 g/mol. The summed E-state index contributed by atoms with van der Waals surface area (Å²) in [6.45, 7) is 6.19. The molecule has 1 fully saturated rings. The lowest BCUT2D eigenvalue weighted by Gasteiger charge is -2.34. The van der Waals surface area contributed by atoms with Crippen LogP contribution in [0.4, 0.5) is 0 Å². The predicted molar refractivity (Wildman–Crippen MR) is 108 cm³/mol. The van der Waals surface area contributed by atoms with Gasteiger partial charge >= 0.3 is 0 Å². The monoisotopic (exact) mass is 399 g/mol. The first-order chi connectivity index (χ1) is 13.7. The first-order valence-corrected chi connectivity index (χ1v) is 10.7. The highest BCUT2D eigenvalue weighted by molar-refractivity contribution is 7.13. The molecule has 6 nitrogen and oxygen atoms in total. The van der Waals surface area contributed by atoms with Crippen LogP contribution in [0.15, 0.2) is 24.3 Å². The van der Waals surface area contributed by atoms with E-state index in [4.69, 9.17) is 4.74 Å². The first-order valence-electron chi connectivity index (χ1n) is 9.91. The Balaban J connectivity index is 1.36. The van der Waals surface area contributed by atoms with E-state index in [1.54, 1.807) is 11.3 Å². The van der Waals surface area contributed by atoms with Crippen molar-refractivity contribution in [2.75, 3.05) is 32.8 Å². The van der Waals surface area contributed by atoms with Gasteiger partial charge in [0.15, 0.2) is 5.78 Å². The number of ketones is 1. The SMILES string of the molecule is CCOc1ccccc1C(=O)N1CCN(Cc2nc3c(s2)C(=O)CCC3)CC1. The highest BCUT2D eigenvalue weighted by Crippen LogP contribution is 2.28. The van der Waals surface area contributed by atoms with Gasteiger partial charge in [0.25, 0.3) is 5.91 Å². The number of hydrogen-bond acceptors (Lipinski definition) is 6. The lowest BCUT2D eigenvalue weighted by Crippen LogP contribution is -2.48. The molecule has 0 spiro atoms. The summed E-state index contributed by atoms with van der Waals surface area (Å²) in [5, 5.41) is 1.02. The van der Waals surface area contributed by atoms with Gasteiger partial charge in [-0.2, -0.15) is 0 Å². The molecule has 4 rings (SSSR count). The Morgan fingerprint density at radius 2 is 1.96 bits per heavy atom. The Bertz CT molecular complexity index is 872. The molecule has 1 amide bonds. The van der Waals surface area contributed by atoms with Crippen LogP contribution in [0.1, 0.15) is 50.5 Å². The molecule has 0 N–H and O–H groups in total. The fourth-order valence-electron chi connectivity index (χ4n) is 3.78. The van der Waals surface area contributed by atoms with Gasteiger partial charge in [0.1, 0.15) is 10.8 Å². The first kappa shape index (κ1) is 19.1. The molecule has 2 aromatic rings. The number of carbonyl (C=O) groups excluding carboxylic acids is 2. The fourth-order valence-corrected chi connectivity index (χ4v) is 4.90. The zero-order valence-corrected chi connectivity index (χ0v) is 17.0. The van der Waals surface area contributed by atoms with Crippen LogP contribution in [0.2, 0.25) is 0 Å². The lowest BCUT2D eigenvalue weighted by atomic mass is 10.0. The van der Waals surface area contributed by atoms with E-state index in [2.05, 4.69) is 9.88 Å². The highest BCUT2D eigenvalue weighted by atomic mass is 32.1. The molecule has 0 atom stereocenters. The van der Waals surface area contributed by atoms with E-state index >= 15 is 0 Å². The van der Waals surface area contributed by atoms with E-state index in [9.17, 15) is 9.59 Å². The number of hydrogen-bond donors (Lipinski definition) is 0. The third-order valence-corrected chi connectivity index (χ3v) is 6.37. The third kappa shape index (κ3) is 3.95. The molecule has 1 aromatic heterocycles. The number of thiazole rings is 1. The Labute approximate surface area is 169 Å². The van der Waals surface area contributed by atoms with Crippen LogP contribution in [0.25, 0.3) is 0 Å². The van der Waals surface area contributed by atoms with Gasteiger partial charge in [0.2, 0.25) is 0 Å². The molecule has 7 heteroatoms. The average Bonchev–Trinajstić information content (AvgIpc) is 3.13. The molecule has 1 aliphatic heterocycles. The molecule has 28 heavy (non-hydrogen) atoms. The van der Waals surface area contributed by atoms with Crippen molar-refractivity contribution in [3.63, 3.8) is 0 Å². The van der Waals surface area contributed by atoms with Crippen molar-refractivity contribution < 1.29 is 14.3 Å². The van der Waals surface area contributed by atoms with Crippen LogP contribution < -0.4 is 4.74 Å². The van der Waals surface area contributed by atoms with E-state index in [1.165, 1.54) is 0 Å². The molecule has 2 aliphatic rings. The number of amides is 1. The minimum Gasteiger partial charge on any atom is -0.493 e. The fraction of sp³-hybridized carbons (Fsp3) is 0.476. The van der Waals surface area contributed by atoms with Crippen molar-refractivity contribution in [1.29, 1.82) is 0 Å². The number of Topliss-reactive ketones (excluding diaryl/α,β-unsaturated/α-hetero) is 1. The van der Waals surface area contributed by atoms with E-state index in [0.29, 0.717) is 37.4 Å². The van der Waals surface area contributed by atoms with Crippen LogP contribution >= 0.6 is 11.3 Å². The molecule has 0 radical (unpaired) electrons. The normalized spacial score (nSPS) is 17.5. The Morgan fingerprint density at radius 3 is 2.71 bits per heavy atom. The summed E-state index contributed by atoms with van der Waals surface area (Å²) in [6, 6.07) is 7.44. The second kappa shape index (κ2) is 8.41. The quantitative estimate of drug-likeness (QED) is 0.773. The van der Waals surface area contributed by atoms with Crippen molar-refractivity contribution >= 4 is 23.0 Å². The zero-order valence-electron chi connectivity index (χ0n) is 16.1. The van der Waals surface area contributed by atoms with Crippen molar-refractivity contribution in [3.05, 3.63) is 45.4 Å². The van der Waals surface area contributed by atoms with Crippen LogP contribution in [0.3, 0.4) is 0 Å². The van der Waals surface area contributed by atoms with Crippen LogP contribution in [-0.4, -0.2) is 59.3 Å². The molecule has 1 saturated heterocycles. The van der Waals surface area contributed by atoms with Gasteiger partial charge in [-0.1, -0.05) is 12.1 Å². The number of aromatic nitrogens is 1. The maximum atomic E-state index is 12.9. The van der Waals surface area contributed by atoms with Gasteiger partial charge < -0.3 is 9.64 Å². The smallest absolute Gasteiger partial charge is 0.257 e. The third-order valence-electron chi connectivity index (χ3n) is 5.25. The lowest BCUT2D eigenvalue weighted by molar-refractivity contribution is 0.0624. The van der Waals surface area contributed by atoms with Crippen LogP contribution in [0.5, 0.6) is 5.75 Å². The molecule has 148 valence electrons. The summed E-state index contributed by atoms with van der Waals surface area (Å²) in [6.07, 6.45) is 2.48. The van der Waals surface area contributed by atoms with Crippen molar-refractivity contribution in [1.82, 2.24) is 14.8 Å². The number of ether oxygens (including phenoxy) is 1. The van der Waals surface area contributed by atoms with E-state index in [1.807, 2.05) is 36.1 Å². The summed E-state index contributed by atoms with van der Waals surface area (Å²) < 4.78 is 5.61. The maximum absolute atomic E-state index is 12.9. The van der Waals surface area contributed by atoms with Gasteiger partial charge in [-0.15, -0.1) is 11.3 Å². The summed E-state index contributed by atoms with van der Waals surface area (Å²) in [4.78, 5) is 34.7. The highest BCUT2D eigenvalue weighted by Gasteiger charge is 2.26. The molecule has 2 heterocycles. The molecule has 0 unspecified atom stereocenters. The summed E-state index contributed by atoms with van der Waals surface area (Å²) in [5.41, 5.74) is 1.61. The zero-order chi connectivity index (χ0) is 19.5. The Hall–Kier alpha value is -2.25. The van der Waals surface area contributed by atoms with E-state index in [0.717, 1.165) is 48.1 Å². The molecule has 1 aromatic carbocycles. The molecular formula is C21H25N3O3S. The number of aryl methyl sites for hydroxylation is 1. The minimum atomic E-state index is 0.0269. The van der Waals surface area contributed by atoms with Gasteiger partial charge in [0, 0.05) is 32.6 Å².